The molecule has 0 aromatic heterocycles. The molecule has 0 aliphatic rings. The van der Waals surface area contributed by atoms with Gasteiger partial charge in [0.2, 0.25) is 0 Å². The van der Waals surface area contributed by atoms with Crippen molar-refractivity contribution in [3.05, 3.63) is 48.6 Å². The van der Waals surface area contributed by atoms with Crippen LogP contribution in [0.2, 0.25) is 0 Å². The highest BCUT2D eigenvalue weighted by molar-refractivity contribution is 6.14. The third kappa shape index (κ3) is 2.36. The maximum Gasteiger partial charge on any atom is 0.0715 e. The summed E-state index contributed by atoms with van der Waals surface area (Å²) in [7, 11) is 0. The number of carboxylic acids is 2. The number of carbonyl (C=O) groups excluding carboxylic acids is 2. The van der Waals surface area contributed by atoms with E-state index in [4.69, 9.17) is 0 Å². The molecule has 1 rings (SSSR count). The smallest absolute Gasteiger partial charge is 0.0715 e. The molecule has 4 nitrogen and oxygen atoms in total. The van der Waals surface area contributed by atoms with E-state index in [1.165, 1.54) is 24.3 Å². The van der Waals surface area contributed by atoms with Gasteiger partial charge in [-0.15, -0.1) is 0 Å². The van der Waals surface area contributed by atoms with Gasteiger partial charge < -0.3 is 19.8 Å². The number of carboxylic acid groups (broad SMARTS) is 2. The van der Waals surface area contributed by atoms with Crippen LogP contribution in [0, 0.1) is 0 Å². The molecular formula is C12H8O4-2. The quantitative estimate of drug-likeness (QED) is 0.618. The van der Waals surface area contributed by atoms with Gasteiger partial charge >= 0.3 is 0 Å². The second-order valence-corrected chi connectivity index (χ2v) is 3.11. The van der Waals surface area contributed by atoms with Crippen molar-refractivity contribution in [2.75, 3.05) is 0 Å². The Hall–Kier alpha value is -2.36. The van der Waals surface area contributed by atoms with Gasteiger partial charge in [0.25, 0.3) is 0 Å². The van der Waals surface area contributed by atoms with E-state index in [0.29, 0.717) is 11.1 Å². The SMILES string of the molecule is C=C(C(=O)[O-])c1ccc(C(=C)C(=O)[O-])cc1. The van der Waals surface area contributed by atoms with E-state index in [1.54, 1.807) is 0 Å². The molecule has 0 heterocycles. The van der Waals surface area contributed by atoms with E-state index in [-0.39, 0.29) is 11.1 Å². The van der Waals surface area contributed by atoms with Crippen LogP contribution >= 0.6 is 0 Å². The lowest BCUT2D eigenvalue weighted by Crippen LogP contribution is -2.23. The fourth-order valence-corrected chi connectivity index (χ4v) is 1.11. The van der Waals surface area contributed by atoms with Gasteiger partial charge in [-0.05, 0) is 22.3 Å². The maximum absolute atomic E-state index is 10.5. The number of hydrogen-bond donors (Lipinski definition) is 0. The summed E-state index contributed by atoms with van der Waals surface area (Å²) >= 11 is 0. The molecule has 0 saturated carbocycles. The topological polar surface area (TPSA) is 80.3 Å². The third-order valence-corrected chi connectivity index (χ3v) is 2.07. The fraction of sp³-hybridized carbons (Fsp3) is 0. The highest BCUT2D eigenvalue weighted by atomic mass is 16.4. The highest BCUT2D eigenvalue weighted by Crippen LogP contribution is 2.16. The summed E-state index contributed by atoms with van der Waals surface area (Å²) in [4.78, 5) is 21.0. The Morgan fingerprint density at radius 2 is 1.06 bits per heavy atom. The van der Waals surface area contributed by atoms with E-state index in [1.807, 2.05) is 0 Å². The molecule has 0 aliphatic carbocycles. The monoisotopic (exact) mass is 216 g/mol. The van der Waals surface area contributed by atoms with Crippen LogP contribution in [0.25, 0.3) is 11.1 Å². The van der Waals surface area contributed by atoms with Crippen LogP contribution in [0.1, 0.15) is 11.1 Å². The zero-order valence-electron chi connectivity index (χ0n) is 8.36. The van der Waals surface area contributed by atoms with Crippen LogP contribution in [0.3, 0.4) is 0 Å². The molecule has 0 bridgehead atoms. The van der Waals surface area contributed by atoms with Crippen molar-refractivity contribution in [1.29, 1.82) is 0 Å². The highest BCUT2D eigenvalue weighted by Gasteiger charge is 2.02. The van der Waals surface area contributed by atoms with E-state index in [0.717, 1.165) is 0 Å². The van der Waals surface area contributed by atoms with Crippen molar-refractivity contribution in [2.45, 2.75) is 0 Å². The van der Waals surface area contributed by atoms with Crippen molar-refractivity contribution in [3.8, 4) is 0 Å². The van der Waals surface area contributed by atoms with E-state index in [9.17, 15) is 19.8 Å². The van der Waals surface area contributed by atoms with Gasteiger partial charge in [-0.3, -0.25) is 0 Å². The minimum atomic E-state index is -1.37. The second-order valence-electron chi connectivity index (χ2n) is 3.11. The average Bonchev–Trinajstić information content (AvgIpc) is 2.27. The first-order valence-corrected chi connectivity index (χ1v) is 4.34. The van der Waals surface area contributed by atoms with Crippen molar-refractivity contribution in [3.63, 3.8) is 0 Å². The number of hydrogen-bond acceptors (Lipinski definition) is 4. The van der Waals surface area contributed by atoms with E-state index >= 15 is 0 Å². The predicted octanol–water partition coefficient (Wildman–Crippen LogP) is -0.787. The second kappa shape index (κ2) is 4.44. The molecule has 0 aliphatic heterocycles. The first-order chi connectivity index (χ1) is 7.43. The van der Waals surface area contributed by atoms with Crippen molar-refractivity contribution >= 4 is 23.1 Å². The molecule has 0 atom stereocenters. The Morgan fingerprint density at radius 1 is 0.812 bits per heavy atom. The Morgan fingerprint density at radius 3 is 1.25 bits per heavy atom. The van der Waals surface area contributed by atoms with Gasteiger partial charge in [-0.25, -0.2) is 0 Å². The third-order valence-electron chi connectivity index (χ3n) is 2.07. The first-order valence-electron chi connectivity index (χ1n) is 4.34. The molecule has 1 aromatic carbocycles. The van der Waals surface area contributed by atoms with Gasteiger partial charge in [0.15, 0.2) is 0 Å². The summed E-state index contributed by atoms with van der Waals surface area (Å²) in [5.74, 6) is -2.74. The van der Waals surface area contributed by atoms with Crippen LogP contribution in [0.15, 0.2) is 37.4 Å². The van der Waals surface area contributed by atoms with Gasteiger partial charge in [0.1, 0.15) is 0 Å². The molecule has 82 valence electrons. The molecule has 0 fully saturated rings. The maximum atomic E-state index is 10.5. The van der Waals surface area contributed by atoms with Crippen LogP contribution in [-0.2, 0) is 9.59 Å². The molecule has 0 saturated heterocycles. The van der Waals surface area contributed by atoms with Crippen molar-refractivity contribution in [1.82, 2.24) is 0 Å². The first kappa shape index (κ1) is 11.7. The Kier molecular flexibility index (Phi) is 3.25. The summed E-state index contributed by atoms with van der Waals surface area (Å²) in [5.41, 5.74) is 0.390. The normalized spacial score (nSPS) is 9.50. The lowest BCUT2D eigenvalue weighted by molar-refractivity contribution is -0.297. The standard InChI is InChI=1S/C12H10O4/c1-7(11(13)14)9-3-5-10(6-4-9)8(2)12(15)16/h3-6H,1-2H2,(H,13,14)(H,15,16)/p-2. The largest absolute Gasteiger partial charge is 0.545 e. The summed E-state index contributed by atoms with van der Waals surface area (Å²) < 4.78 is 0. The van der Waals surface area contributed by atoms with Gasteiger partial charge in [0.05, 0.1) is 11.9 Å². The molecule has 0 radical (unpaired) electrons. The van der Waals surface area contributed by atoms with Gasteiger partial charge in [-0.2, -0.15) is 0 Å². The molecule has 0 spiro atoms. The number of rotatable bonds is 4. The molecule has 0 amide bonds. The summed E-state index contributed by atoms with van der Waals surface area (Å²) in [6, 6.07) is 5.73. The predicted molar refractivity (Wildman–Crippen MR) is 54.5 cm³/mol. The number of carbonyl (C=O) groups is 2. The molecular weight excluding hydrogens is 208 g/mol. The number of aliphatic carboxylic acids is 2. The van der Waals surface area contributed by atoms with Gasteiger partial charge in [0, 0.05) is 0 Å². The summed E-state index contributed by atoms with van der Waals surface area (Å²) in [6.45, 7) is 6.64. The van der Waals surface area contributed by atoms with Crippen molar-refractivity contribution < 1.29 is 19.8 Å². The Balaban J connectivity index is 3.00. The Bertz CT molecular complexity index is 423. The van der Waals surface area contributed by atoms with Gasteiger partial charge in [-0.1, -0.05) is 37.4 Å². The van der Waals surface area contributed by atoms with Crippen LogP contribution in [-0.4, -0.2) is 11.9 Å². The molecule has 0 unspecified atom stereocenters. The van der Waals surface area contributed by atoms with Crippen LogP contribution in [0.5, 0.6) is 0 Å². The molecule has 16 heavy (non-hydrogen) atoms. The minimum absolute atomic E-state index is 0.161. The average molecular weight is 216 g/mol. The molecule has 1 aromatic rings. The molecule has 4 heteroatoms. The van der Waals surface area contributed by atoms with Crippen LogP contribution in [0.4, 0.5) is 0 Å². The zero-order valence-corrected chi connectivity index (χ0v) is 8.36. The lowest BCUT2D eigenvalue weighted by Gasteiger charge is -2.09. The van der Waals surface area contributed by atoms with Crippen molar-refractivity contribution in [2.24, 2.45) is 0 Å². The molecule has 0 N–H and O–H groups in total. The van der Waals surface area contributed by atoms with E-state index in [2.05, 4.69) is 13.2 Å². The van der Waals surface area contributed by atoms with E-state index < -0.39 is 11.9 Å². The fourth-order valence-electron chi connectivity index (χ4n) is 1.11. The summed E-state index contributed by atoms with van der Waals surface area (Å²) in [6.07, 6.45) is 0. The summed E-state index contributed by atoms with van der Waals surface area (Å²) in [5, 5.41) is 21.0. The zero-order chi connectivity index (χ0) is 12.3. The van der Waals surface area contributed by atoms with Crippen LogP contribution < -0.4 is 10.2 Å². The number of benzene rings is 1. The lowest BCUT2D eigenvalue weighted by atomic mass is 10.0. The minimum Gasteiger partial charge on any atom is -0.545 e. The Labute approximate surface area is 92.2 Å².